The van der Waals surface area contributed by atoms with E-state index in [4.69, 9.17) is 9.84 Å². The van der Waals surface area contributed by atoms with Crippen LogP contribution in [0.25, 0.3) is 0 Å². The molecule has 2 atom stereocenters. The van der Waals surface area contributed by atoms with Gasteiger partial charge in [-0.1, -0.05) is 20.8 Å². The van der Waals surface area contributed by atoms with Crippen molar-refractivity contribution >= 4 is 5.97 Å². The second-order valence-corrected chi connectivity index (χ2v) is 5.54. The minimum atomic E-state index is -1.10. The van der Waals surface area contributed by atoms with Gasteiger partial charge in [-0.2, -0.15) is 0 Å². The predicted octanol–water partition coefficient (Wildman–Crippen LogP) is 1.66. The Kier molecular flexibility index (Phi) is 3.97. The van der Waals surface area contributed by atoms with Crippen LogP contribution in [0.15, 0.2) is 0 Å². The summed E-state index contributed by atoms with van der Waals surface area (Å²) in [4.78, 5) is 11.4. The van der Waals surface area contributed by atoms with Crippen molar-refractivity contribution in [2.24, 2.45) is 11.3 Å². The monoisotopic (exact) mass is 230 g/mol. The summed E-state index contributed by atoms with van der Waals surface area (Å²) in [5.74, 6) is -0.927. The molecule has 0 bridgehead atoms. The molecule has 0 radical (unpaired) electrons. The number of carboxylic acid groups (broad SMARTS) is 1. The van der Waals surface area contributed by atoms with Crippen molar-refractivity contribution in [3.8, 4) is 0 Å². The lowest BCUT2D eigenvalue weighted by molar-refractivity contribution is -0.185. The van der Waals surface area contributed by atoms with E-state index in [0.717, 1.165) is 12.8 Å². The summed E-state index contributed by atoms with van der Waals surface area (Å²) >= 11 is 0. The molecule has 4 heteroatoms. The normalized spacial score (nSPS) is 33.6. The van der Waals surface area contributed by atoms with Gasteiger partial charge in [-0.05, 0) is 30.6 Å². The van der Waals surface area contributed by atoms with Gasteiger partial charge in [0.15, 0.2) is 5.60 Å². The molecule has 0 amide bonds. The third-order valence-corrected chi connectivity index (χ3v) is 3.64. The van der Waals surface area contributed by atoms with Gasteiger partial charge < -0.3 is 14.9 Å². The number of aliphatic hydroxyl groups excluding tert-OH is 1. The van der Waals surface area contributed by atoms with Crippen LogP contribution in [0.4, 0.5) is 0 Å². The molecule has 1 aliphatic rings. The minimum absolute atomic E-state index is 0.0275. The third-order valence-electron chi connectivity index (χ3n) is 3.64. The molecule has 0 spiro atoms. The molecule has 1 fully saturated rings. The van der Waals surface area contributed by atoms with Crippen LogP contribution in [0, 0.1) is 11.3 Å². The number of hydrogen-bond acceptors (Lipinski definition) is 3. The van der Waals surface area contributed by atoms with E-state index in [9.17, 15) is 9.90 Å². The summed E-state index contributed by atoms with van der Waals surface area (Å²) in [6.07, 6.45) is 2.20. The molecule has 2 N–H and O–H groups in total. The summed E-state index contributed by atoms with van der Waals surface area (Å²) < 4.78 is 5.44. The third kappa shape index (κ3) is 2.55. The first-order valence-electron chi connectivity index (χ1n) is 5.82. The minimum Gasteiger partial charge on any atom is -0.479 e. The van der Waals surface area contributed by atoms with Gasteiger partial charge in [-0.25, -0.2) is 4.79 Å². The van der Waals surface area contributed by atoms with E-state index in [1.165, 1.54) is 0 Å². The van der Waals surface area contributed by atoms with Crippen molar-refractivity contribution in [1.82, 2.24) is 0 Å². The van der Waals surface area contributed by atoms with Gasteiger partial charge in [-0.15, -0.1) is 0 Å². The first-order valence-corrected chi connectivity index (χ1v) is 5.82. The molecule has 94 valence electrons. The van der Waals surface area contributed by atoms with Crippen LogP contribution in [-0.2, 0) is 9.53 Å². The van der Waals surface area contributed by atoms with Gasteiger partial charge in [0.2, 0.25) is 0 Å². The average Bonchev–Trinajstić information content (AvgIpc) is 2.15. The van der Waals surface area contributed by atoms with E-state index in [0.29, 0.717) is 6.42 Å². The highest BCUT2D eigenvalue weighted by atomic mass is 16.5. The molecule has 2 unspecified atom stereocenters. The van der Waals surface area contributed by atoms with Crippen LogP contribution in [-0.4, -0.2) is 35.0 Å². The summed E-state index contributed by atoms with van der Waals surface area (Å²) in [6, 6.07) is 0. The molecular weight excluding hydrogens is 208 g/mol. The Morgan fingerprint density at radius 3 is 2.50 bits per heavy atom. The second-order valence-electron chi connectivity index (χ2n) is 5.54. The SMILES string of the molecule is CC1CC(C)(C)CCC1(OCCO)C(=O)O. The maximum absolute atomic E-state index is 11.4. The number of rotatable bonds is 4. The number of hydrogen-bond donors (Lipinski definition) is 2. The van der Waals surface area contributed by atoms with Crippen molar-refractivity contribution in [2.45, 2.75) is 45.6 Å². The topological polar surface area (TPSA) is 66.8 Å². The van der Waals surface area contributed by atoms with Gasteiger partial charge in [0.05, 0.1) is 13.2 Å². The van der Waals surface area contributed by atoms with E-state index < -0.39 is 11.6 Å². The van der Waals surface area contributed by atoms with Gasteiger partial charge in [0.25, 0.3) is 0 Å². The average molecular weight is 230 g/mol. The highest BCUT2D eigenvalue weighted by Crippen LogP contribution is 2.45. The lowest BCUT2D eigenvalue weighted by Gasteiger charge is -2.45. The molecule has 1 aliphatic carbocycles. The van der Waals surface area contributed by atoms with Crippen LogP contribution in [0.1, 0.15) is 40.0 Å². The van der Waals surface area contributed by atoms with Crippen LogP contribution >= 0.6 is 0 Å². The molecule has 4 nitrogen and oxygen atoms in total. The van der Waals surface area contributed by atoms with Gasteiger partial charge in [0.1, 0.15) is 0 Å². The van der Waals surface area contributed by atoms with Crippen molar-refractivity contribution < 1.29 is 19.7 Å². The number of aliphatic hydroxyl groups is 1. The van der Waals surface area contributed by atoms with E-state index >= 15 is 0 Å². The number of aliphatic carboxylic acids is 1. The standard InChI is InChI=1S/C12H22O4/c1-9-8-11(2,3)4-5-12(9,10(14)15)16-7-6-13/h9,13H,4-8H2,1-3H3,(H,14,15). The van der Waals surface area contributed by atoms with Crippen molar-refractivity contribution in [3.05, 3.63) is 0 Å². The smallest absolute Gasteiger partial charge is 0.336 e. The zero-order valence-corrected chi connectivity index (χ0v) is 10.3. The lowest BCUT2D eigenvalue weighted by atomic mass is 9.65. The fourth-order valence-corrected chi connectivity index (χ4v) is 2.69. The first kappa shape index (κ1) is 13.5. The molecule has 0 aromatic rings. The van der Waals surface area contributed by atoms with E-state index in [1.54, 1.807) is 0 Å². The maximum Gasteiger partial charge on any atom is 0.336 e. The summed E-state index contributed by atoms with van der Waals surface area (Å²) in [5, 5.41) is 18.1. The quantitative estimate of drug-likeness (QED) is 0.771. The van der Waals surface area contributed by atoms with Crippen LogP contribution in [0.2, 0.25) is 0 Å². The highest BCUT2D eigenvalue weighted by molar-refractivity contribution is 5.78. The second kappa shape index (κ2) is 4.72. The maximum atomic E-state index is 11.4. The number of carboxylic acids is 1. The first-order chi connectivity index (χ1) is 7.34. The molecule has 0 aliphatic heterocycles. The Morgan fingerprint density at radius 2 is 2.06 bits per heavy atom. The molecule has 1 saturated carbocycles. The van der Waals surface area contributed by atoms with E-state index in [-0.39, 0.29) is 24.5 Å². The van der Waals surface area contributed by atoms with Crippen LogP contribution in [0.5, 0.6) is 0 Å². The van der Waals surface area contributed by atoms with Crippen LogP contribution in [0.3, 0.4) is 0 Å². The Balaban J connectivity index is 2.82. The summed E-state index contributed by atoms with van der Waals surface area (Å²) in [5.41, 5.74) is -0.917. The fourth-order valence-electron chi connectivity index (χ4n) is 2.69. The summed E-state index contributed by atoms with van der Waals surface area (Å²) in [6.45, 7) is 6.19. The highest BCUT2D eigenvalue weighted by Gasteiger charge is 2.50. The van der Waals surface area contributed by atoms with Crippen LogP contribution < -0.4 is 0 Å². The van der Waals surface area contributed by atoms with Gasteiger partial charge >= 0.3 is 5.97 Å². The van der Waals surface area contributed by atoms with Gasteiger partial charge in [-0.3, -0.25) is 0 Å². The van der Waals surface area contributed by atoms with Crippen molar-refractivity contribution in [1.29, 1.82) is 0 Å². The molecule has 0 aromatic heterocycles. The zero-order valence-electron chi connectivity index (χ0n) is 10.3. The molecule has 0 aromatic carbocycles. The zero-order chi connectivity index (χ0) is 12.4. The summed E-state index contributed by atoms with van der Waals surface area (Å²) in [7, 11) is 0. The van der Waals surface area contributed by atoms with E-state index in [1.807, 2.05) is 6.92 Å². The molecule has 0 saturated heterocycles. The number of ether oxygens (including phenoxy) is 1. The van der Waals surface area contributed by atoms with E-state index in [2.05, 4.69) is 13.8 Å². The van der Waals surface area contributed by atoms with Crippen molar-refractivity contribution in [2.75, 3.05) is 13.2 Å². The Hall–Kier alpha value is -0.610. The van der Waals surface area contributed by atoms with Crippen molar-refractivity contribution in [3.63, 3.8) is 0 Å². The largest absolute Gasteiger partial charge is 0.479 e. The molecule has 1 rings (SSSR count). The predicted molar refractivity (Wildman–Crippen MR) is 60.2 cm³/mol. The Labute approximate surface area is 96.6 Å². The fraction of sp³-hybridized carbons (Fsp3) is 0.917. The number of carbonyl (C=O) groups is 1. The lowest BCUT2D eigenvalue weighted by Crippen LogP contribution is -2.52. The Morgan fingerprint density at radius 1 is 1.44 bits per heavy atom. The Bertz CT molecular complexity index is 262. The molecular formula is C12H22O4. The molecule has 0 heterocycles. The molecule has 16 heavy (non-hydrogen) atoms. The van der Waals surface area contributed by atoms with Gasteiger partial charge in [0, 0.05) is 0 Å².